The van der Waals surface area contributed by atoms with Gasteiger partial charge >= 0.3 is 0 Å². The number of benzene rings is 5. The van der Waals surface area contributed by atoms with Crippen LogP contribution in [-0.4, -0.2) is 14.1 Å². The first-order valence-corrected chi connectivity index (χ1v) is 13.4. The molecule has 0 bridgehead atoms. The Morgan fingerprint density at radius 3 is 1.61 bits per heavy atom. The molecule has 5 rings (SSSR count). The van der Waals surface area contributed by atoms with Crippen LogP contribution in [0.5, 0.6) is 0 Å². The summed E-state index contributed by atoms with van der Waals surface area (Å²) in [4.78, 5) is 2.25. The van der Waals surface area contributed by atoms with Gasteiger partial charge in [0.05, 0.1) is 6.16 Å². The van der Waals surface area contributed by atoms with Crippen LogP contribution in [0.2, 0.25) is 0 Å². The Hall–Kier alpha value is -3.41. The summed E-state index contributed by atoms with van der Waals surface area (Å²) < 4.78 is 0. The average Bonchev–Trinajstić information content (AvgIpc) is 2.88. The van der Waals surface area contributed by atoms with E-state index in [9.17, 15) is 0 Å². The SMILES string of the molecule is CN(C)c1cccc2cccc([P+](Cc3ccccc3)(c3ccccc3)c3ccccc3)c12. The Morgan fingerprint density at radius 1 is 0.545 bits per heavy atom. The third-order valence-electron chi connectivity index (χ3n) is 6.41. The molecule has 1 nitrogen and oxygen atoms in total. The fourth-order valence-electron chi connectivity index (χ4n) is 4.91. The summed E-state index contributed by atoms with van der Waals surface area (Å²) in [6.07, 6.45) is 0.989. The minimum atomic E-state index is -2.01. The molecular weight excluding hydrogens is 417 g/mol. The van der Waals surface area contributed by atoms with Gasteiger partial charge in [-0.2, -0.15) is 0 Å². The summed E-state index contributed by atoms with van der Waals surface area (Å²) in [7, 11) is 2.28. The van der Waals surface area contributed by atoms with E-state index in [2.05, 4.69) is 146 Å². The predicted octanol–water partition coefficient (Wildman–Crippen LogP) is 6.40. The minimum Gasteiger partial charge on any atom is -0.377 e. The maximum absolute atomic E-state index is 2.38. The van der Waals surface area contributed by atoms with E-state index in [0.717, 1.165) is 6.16 Å². The summed E-state index contributed by atoms with van der Waals surface area (Å²) in [5, 5.41) is 6.94. The monoisotopic (exact) mass is 446 g/mol. The van der Waals surface area contributed by atoms with E-state index in [-0.39, 0.29) is 0 Å². The van der Waals surface area contributed by atoms with Gasteiger partial charge in [0.1, 0.15) is 23.2 Å². The van der Waals surface area contributed by atoms with Gasteiger partial charge in [-0.25, -0.2) is 0 Å². The van der Waals surface area contributed by atoms with Crippen molar-refractivity contribution in [1.29, 1.82) is 0 Å². The van der Waals surface area contributed by atoms with Gasteiger partial charge in [-0.1, -0.05) is 91.0 Å². The quantitative estimate of drug-likeness (QED) is 0.273. The molecule has 0 saturated carbocycles. The van der Waals surface area contributed by atoms with Crippen LogP contribution in [0, 0.1) is 0 Å². The smallest absolute Gasteiger partial charge is 0.117 e. The first-order valence-electron chi connectivity index (χ1n) is 11.4. The molecule has 0 spiro atoms. The van der Waals surface area contributed by atoms with Gasteiger partial charge in [0.15, 0.2) is 0 Å². The van der Waals surface area contributed by atoms with Crippen LogP contribution in [0.25, 0.3) is 10.8 Å². The number of fused-ring (bicyclic) bond motifs is 1. The van der Waals surface area contributed by atoms with Crippen molar-refractivity contribution in [1.82, 2.24) is 0 Å². The Balaban J connectivity index is 1.93. The Bertz CT molecular complexity index is 1300. The second kappa shape index (κ2) is 9.22. The molecule has 0 amide bonds. The molecule has 0 atom stereocenters. The number of nitrogens with zero attached hydrogens (tertiary/aromatic N) is 1. The van der Waals surface area contributed by atoms with Crippen molar-refractivity contribution in [2.24, 2.45) is 0 Å². The van der Waals surface area contributed by atoms with Gasteiger partial charge < -0.3 is 4.90 Å². The van der Waals surface area contributed by atoms with Crippen LogP contribution < -0.4 is 20.8 Å². The lowest BCUT2D eigenvalue weighted by Crippen LogP contribution is -2.33. The predicted molar refractivity (Wildman–Crippen MR) is 147 cm³/mol. The Morgan fingerprint density at radius 2 is 1.06 bits per heavy atom. The van der Waals surface area contributed by atoms with E-state index in [1.54, 1.807) is 0 Å². The zero-order chi connectivity index (χ0) is 22.7. The van der Waals surface area contributed by atoms with Crippen LogP contribution >= 0.6 is 7.26 Å². The number of hydrogen-bond donors (Lipinski definition) is 0. The molecule has 0 aliphatic rings. The van der Waals surface area contributed by atoms with Gasteiger partial charge in [0.25, 0.3) is 0 Å². The molecule has 5 aromatic rings. The zero-order valence-electron chi connectivity index (χ0n) is 19.2. The van der Waals surface area contributed by atoms with Gasteiger partial charge in [0, 0.05) is 25.2 Å². The zero-order valence-corrected chi connectivity index (χ0v) is 20.1. The van der Waals surface area contributed by atoms with Crippen molar-refractivity contribution >= 4 is 39.6 Å². The van der Waals surface area contributed by atoms with Crippen LogP contribution in [0.4, 0.5) is 5.69 Å². The molecule has 33 heavy (non-hydrogen) atoms. The van der Waals surface area contributed by atoms with Crippen LogP contribution in [0.15, 0.2) is 127 Å². The lowest BCUT2D eigenvalue weighted by Gasteiger charge is -2.30. The van der Waals surface area contributed by atoms with Gasteiger partial charge in [-0.3, -0.25) is 0 Å². The molecule has 2 heteroatoms. The standard InChI is InChI=1S/C31H29NP/c1-32(2)29-22-12-16-26-17-13-23-30(31(26)29)33(27-18-8-4-9-19-27,28-20-10-5-11-21-28)24-25-14-6-3-7-15-25/h3-23H,24H2,1-2H3/q+1. The van der Waals surface area contributed by atoms with E-state index in [1.807, 2.05) is 0 Å². The van der Waals surface area contributed by atoms with Gasteiger partial charge in [-0.05, 0) is 47.3 Å². The minimum absolute atomic E-state index is 0.989. The summed E-state index contributed by atoms with van der Waals surface area (Å²) in [5.74, 6) is 0. The maximum Gasteiger partial charge on any atom is 0.117 e. The van der Waals surface area contributed by atoms with Gasteiger partial charge in [-0.15, -0.1) is 0 Å². The molecule has 5 aromatic carbocycles. The van der Waals surface area contributed by atoms with Crippen molar-refractivity contribution in [3.05, 3.63) is 133 Å². The van der Waals surface area contributed by atoms with E-state index in [4.69, 9.17) is 0 Å². The lowest BCUT2D eigenvalue weighted by molar-refractivity contribution is 1.14. The van der Waals surface area contributed by atoms with E-state index >= 15 is 0 Å². The molecule has 0 unspecified atom stereocenters. The van der Waals surface area contributed by atoms with Crippen molar-refractivity contribution in [2.75, 3.05) is 19.0 Å². The molecule has 0 radical (unpaired) electrons. The molecule has 0 N–H and O–H groups in total. The Labute approximate surface area is 197 Å². The molecule has 0 aromatic heterocycles. The largest absolute Gasteiger partial charge is 0.377 e. The molecule has 0 heterocycles. The third kappa shape index (κ3) is 3.94. The summed E-state index contributed by atoms with van der Waals surface area (Å²) in [6, 6.07) is 46.9. The second-order valence-electron chi connectivity index (χ2n) is 8.67. The van der Waals surface area contributed by atoms with Crippen LogP contribution in [0.1, 0.15) is 5.56 Å². The first-order chi connectivity index (χ1) is 16.2. The van der Waals surface area contributed by atoms with Gasteiger partial charge in [0.2, 0.25) is 0 Å². The fourth-order valence-corrected chi connectivity index (χ4v) is 9.39. The maximum atomic E-state index is 2.38. The summed E-state index contributed by atoms with van der Waals surface area (Å²) in [6.45, 7) is 0. The van der Waals surface area contributed by atoms with Crippen molar-refractivity contribution < 1.29 is 0 Å². The van der Waals surface area contributed by atoms with Crippen molar-refractivity contribution in [2.45, 2.75) is 6.16 Å². The van der Waals surface area contributed by atoms with Crippen molar-refractivity contribution in [3.63, 3.8) is 0 Å². The highest BCUT2D eigenvalue weighted by Gasteiger charge is 2.47. The lowest BCUT2D eigenvalue weighted by atomic mass is 10.1. The molecule has 0 fully saturated rings. The third-order valence-corrected chi connectivity index (χ3v) is 10.8. The highest BCUT2D eigenvalue weighted by Crippen LogP contribution is 2.59. The molecular formula is C31H29NP+. The summed E-state index contributed by atoms with van der Waals surface area (Å²) >= 11 is 0. The molecule has 0 aliphatic heterocycles. The average molecular weight is 447 g/mol. The topological polar surface area (TPSA) is 3.24 Å². The second-order valence-corrected chi connectivity index (χ2v) is 12.1. The van der Waals surface area contributed by atoms with Crippen molar-refractivity contribution in [3.8, 4) is 0 Å². The molecule has 0 aliphatic carbocycles. The summed E-state index contributed by atoms with van der Waals surface area (Å²) in [5.41, 5.74) is 2.64. The van der Waals surface area contributed by atoms with Crippen LogP contribution in [-0.2, 0) is 6.16 Å². The molecule has 162 valence electrons. The number of hydrogen-bond acceptors (Lipinski definition) is 1. The number of rotatable bonds is 6. The van der Waals surface area contributed by atoms with Crippen LogP contribution in [0.3, 0.4) is 0 Å². The molecule has 0 saturated heterocycles. The fraction of sp³-hybridized carbons (Fsp3) is 0.0968. The van der Waals surface area contributed by atoms with E-state index in [1.165, 1.54) is 37.9 Å². The van der Waals surface area contributed by atoms with E-state index < -0.39 is 7.26 Å². The first kappa shape index (κ1) is 21.4. The normalized spacial score (nSPS) is 11.5. The van der Waals surface area contributed by atoms with E-state index in [0.29, 0.717) is 0 Å². The highest BCUT2D eigenvalue weighted by atomic mass is 31.2. The number of anilines is 1. The highest BCUT2D eigenvalue weighted by molar-refractivity contribution is 7.95. The Kier molecular flexibility index (Phi) is 5.99.